The van der Waals surface area contributed by atoms with Gasteiger partial charge >= 0.3 is 0 Å². The molecule has 2 rings (SSSR count). The molecule has 1 aliphatic rings. The number of aryl methyl sites for hydroxylation is 1. The van der Waals surface area contributed by atoms with E-state index < -0.39 is 0 Å². The summed E-state index contributed by atoms with van der Waals surface area (Å²) in [6.45, 7) is 0.399. The van der Waals surface area contributed by atoms with Gasteiger partial charge in [0.05, 0.1) is 6.07 Å². The molecule has 14 heavy (non-hydrogen) atoms. The molecule has 1 aromatic carbocycles. The van der Waals surface area contributed by atoms with Crippen molar-refractivity contribution in [1.29, 1.82) is 5.26 Å². The van der Waals surface area contributed by atoms with Crippen molar-refractivity contribution in [2.75, 3.05) is 11.9 Å². The van der Waals surface area contributed by atoms with Gasteiger partial charge in [-0.1, -0.05) is 12.1 Å². The standard InChI is InChI=1S/C12H14N2/c13-8-9-14-12-7-3-5-10-4-1-2-6-11(10)12/h3,5,7,14H,1-2,4,6,9H2. The van der Waals surface area contributed by atoms with Crippen LogP contribution < -0.4 is 5.32 Å². The van der Waals surface area contributed by atoms with Crippen molar-refractivity contribution in [3.63, 3.8) is 0 Å². The number of benzene rings is 1. The van der Waals surface area contributed by atoms with E-state index in [1.165, 1.54) is 30.4 Å². The van der Waals surface area contributed by atoms with Crippen LogP contribution in [0, 0.1) is 11.3 Å². The Hall–Kier alpha value is -1.49. The molecule has 0 unspecified atom stereocenters. The molecule has 2 heteroatoms. The Morgan fingerprint density at radius 1 is 1.29 bits per heavy atom. The van der Waals surface area contributed by atoms with Gasteiger partial charge in [0.25, 0.3) is 0 Å². The molecular weight excluding hydrogens is 172 g/mol. The van der Waals surface area contributed by atoms with Crippen LogP contribution in [-0.2, 0) is 12.8 Å². The highest BCUT2D eigenvalue weighted by Crippen LogP contribution is 2.27. The lowest BCUT2D eigenvalue weighted by Gasteiger charge is -2.19. The third-order valence-electron chi connectivity index (χ3n) is 2.75. The molecule has 1 aliphatic carbocycles. The van der Waals surface area contributed by atoms with Gasteiger partial charge < -0.3 is 5.32 Å². The van der Waals surface area contributed by atoms with Crippen LogP contribution in [0.15, 0.2) is 18.2 Å². The number of nitrogens with one attached hydrogen (secondary N) is 1. The van der Waals surface area contributed by atoms with Gasteiger partial charge in [0.15, 0.2) is 0 Å². The molecule has 1 N–H and O–H groups in total. The van der Waals surface area contributed by atoms with E-state index in [9.17, 15) is 0 Å². The largest absolute Gasteiger partial charge is 0.372 e. The SMILES string of the molecule is N#CCNc1cccc2c1CCCC2. The van der Waals surface area contributed by atoms with Crippen LogP contribution in [0.5, 0.6) is 0 Å². The molecule has 0 aromatic heterocycles. The molecule has 0 saturated heterocycles. The fraction of sp³-hybridized carbons (Fsp3) is 0.417. The summed E-state index contributed by atoms with van der Waals surface area (Å²) in [5, 5.41) is 11.7. The summed E-state index contributed by atoms with van der Waals surface area (Å²) in [5.74, 6) is 0. The second kappa shape index (κ2) is 4.15. The Labute approximate surface area is 84.6 Å². The fourth-order valence-corrected chi connectivity index (χ4v) is 2.08. The van der Waals surface area contributed by atoms with Crippen molar-refractivity contribution >= 4 is 5.69 Å². The first kappa shape index (κ1) is 9.08. The van der Waals surface area contributed by atoms with Crippen LogP contribution in [0.3, 0.4) is 0 Å². The number of nitriles is 1. The molecule has 0 amide bonds. The van der Waals surface area contributed by atoms with Gasteiger partial charge in [-0.3, -0.25) is 0 Å². The molecule has 0 spiro atoms. The van der Waals surface area contributed by atoms with Gasteiger partial charge in [-0.25, -0.2) is 0 Å². The predicted molar refractivity (Wildman–Crippen MR) is 57.2 cm³/mol. The van der Waals surface area contributed by atoms with Gasteiger partial charge in [-0.05, 0) is 42.9 Å². The minimum Gasteiger partial charge on any atom is -0.372 e. The molecule has 0 aliphatic heterocycles. The Morgan fingerprint density at radius 3 is 3.00 bits per heavy atom. The quantitative estimate of drug-likeness (QED) is 0.720. The summed E-state index contributed by atoms with van der Waals surface area (Å²) < 4.78 is 0. The highest BCUT2D eigenvalue weighted by Gasteiger charge is 2.11. The molecule has 72 valence electrons. The Bertz CT molecular complexity index is 363. The van der Waals surface area contributed by atoms with E-state index in [0.29, 0.717) is 6.54 Å². The average Bonchev–Trinajstić information content (AvgIpc) is 2.26. The second-order valence-electron chi connectivity index (χ2n) is 3.66. The molecule has 1 aromatic rings. The number of fused-ring (bicyclic) bond motifs is 1. The zero-order chi connectivity index (χ0) is 9.80. The average molecular weight is 186 g/mol. The first-order valence-electron chi connectivity index (χ1n) is 5.13. The van der Waals surface area contributed by atoms with Crippen molar-refractivity contribution < 1.29 is 0 Å². The molecule has 0 atom stereocenters. The van der Waals surface area contributed by atoms with Gasteiger partial charge in [0.1, 0.15) is 6.54 Å². The van der Waals surface area contributed by atoms with Crippen LogP contribution in [0.1, 0.15) is 24.0 Å². The van der Waals surface area contributed by atoms with E-state index in [0.717, 1.165) is 12.1 Å². The Balaban J connectivity index is 2.27. The summed E-state index contributed by atoms with van der Waals surface area (Å²) in [4.78, 5) is 0. The molecule has 0 saturated carbocycles. The van der Waals surface area contributed by atoms with Gasteiger partial charge in [-0.2, -0.15) is 5.26 Å². The van der Waals surface area contributed by atoms with E-state index in [1.807, 2.05) is 0 Å². The molecule has 0 fully saturated rings. The summed E-state index contributed by atoms with van der Waals surface area (Å²) in [6, 6.07) is 8.46. The lowest BCUT2D eigenvalue weighted by molar-refractivity contribution is 0.686. The highest BCUT2D eigenvalue weighted by atomic mass is 14.9. The molecule has 0 bridgehead atoms. The number of hydrogen-bond acceptors (Lipinski definition) is 2. The van der Waals surface area contributed by atoms with Crippen molar-refractivity contribution in [2.45, 2.75) is 25.7 Å². The van der Waals surface area contributed by atoms with E-state index in [1.54, 1.807) is 0 Å². The summed E-state index contributed by atoms with van der Waals surface area (Å²) in [5.41, 5.74) is 4.04. The first-order valence-corrected chi connectivity index (χ1v) is 5.13. The normalized spacial score (nSPS) is 14.2. The van der Waals surface area contributed by atoms with Crippen molar-refractivity contribution in [2.24, 2.45) is 0 Å². The van der Waals surface area contributed by atoms with Crippen LogP contribution >= 0.6 is 0 Å². The molecular formula is C12H14N2. The number of anilines is 1. The van der Waals surface area contributed by atoms with Crippen molar-refractivity contribution in [3.8, 4) is 6.07 Å². The molecule has 0 radical (unpaired) electrons. The van der Waals surface area contributed by atoms with E-state index >= 15 is 0 Å². The molecule has 0 heterocycles. The zero-order valence-corrected chi connectivity index (χ0v) is 8.21. The summed E-state index contributed by atoms with van der Waals surface area (Å²) in [7, 11) is 0. The maximum atomic E-state index is 8.52. The Morgan fingerprint density at radius 2 is 2.14 bits per heavy atom. The topological polar surface area (TPSA) is 35.8 Å². The van der Waals surface area contributed by atoms with Gasteiger partial charge in [-0.15, -0.1) is 0 Å². The van der Waals surface area contributed by atoms with Crippen LogP contribution in [0.4, 0.5) is 5.69 Å². The highest BCUT2D eigenvalue weighted by molar-refractivity contribution is 5.56. The lowest BCUT2D eigenvalue weighted by atomic mass is 9.90. The minimum atomic E-state index is 0.399. The maximum Gasteiger partial charge on any atom is 0.103 e. The second-order valence-corrected chi connectivity index (χ2v) is 3.66. The smallest absolute Gasteiger partial charge is 0.103 e. The number of rotatable bonds is 2. The van der Waals surface area contributed by atoms with Gasteiger partial charge in [0.2, 0.25) is 0 Å². The monoisotopic (exact) mass is 186 g/mol. The van der Waals surface area contributed by atoms with Crippen molar-refractivity contribution in [1.82, 2.24) is 0 Å². The van der Waals surface area contributed by atoms with Crippen LogP contribution in [-0.4, -0.2) is 6.54 Å². The fourth-order valence-electron chi connectivity index (χ4n) is 2.08. The van der Waals surface area contributed by atoms with E-state index in [-0.39, 0.29) is 0 Å². The lowest BCUT2D eigenvalue weighted by Crippen LogP contribution is -2.08. The third-order valence-corrected chi connectivity index (χ3v) is 2.75. The first-order chi connectivity index (χ1) is 6.92. The van der Waals surface area contributed by atoms with Gasteiger partial charge in [0, 0.05) is 5.69 Å². The summed E-state index contributed by atoms with van der Waals surface area (Å²) in [6.07, 6.45) is 4.92. The van der Waals surface area contributed by atoms with E-state index in [4.69, 9.17) is 5.26 Å². The number of nitrogens with zero attached hydrogens (tertiary/aromatic N) is 1. The van der Waals surface area contributed by atoms with Crippen molar-refractivity contribution in [3.05, 3.63) is 29.3 Å². The predicted octanol–water partition coefficient (Wildman–Crippen LogP) is 2.50. The van der Waals surface area contributed by atoms with E-state index in [2.05, 4.69) is 29.6 Å². The van der Waals surface area contributed by atoms with Crippen LogP contribution in [0.25, 0.3) is 0 Å². The summed E-state index contributed by atoms with van der Waals surface area (Å²) >= 11 is 0. The Kier molecular flexibility index (Phi) is 2.69. The zero-order valence-electron chi connectivity index (χ0n) is 8.21. The van der Waals surface area contributed by atoms with Crippen LogP contribution in [0.2, 0.25) is 0 Å². The number of hydrogen-bond donors (Lipinski definition) is 1. The minimum absolute atomic E-state index is 0.399. The molecule has 2 nitrogen and oxygen atoms in total. The maximum absolute atomic E-state index is 8.52. The third kappa shape index (κ3) is 1.72.